The van der Waals surface area contributed by atoms with Gasteiger partial charge in [-0.05, 0) is 106 Å². The monoisotopic (exact) mass is 678 g/mol. The molecule has 0 spiro atoms. The third kappa shape index (κ3) is 4.15. The molecule has 0 saturated carbocycles. The standard InChI is InChI=1S/C51H34S/c1-51(2)43-21-11-9-19-40(43)49-48-41-20-10-12-22-44(41)52-45(48)30-42(50(49)51)32-24-26-33(27-25-32)46-36-15-5-7-17-38(36)47(39-18-8-6-16-37(39)46)35-28-23-31-13-3-4-14-34(31)29-35/h3-30H,1-2H3. The lowest BCUT2D eigenvalue weighted by Crippen LogP contribution is -2.16. The van der Waals surface area contributed by atoms with E-state index in [0.717, 1.165) is 0 Å². The molecule has 11 rings (SSSR count). The Morgan fingerprint density at radius 3 is 1.63 bits per heavy atom. The summed E-state index contributed by atoms with van der Waals surface area (Å²) in [7, 11) is 0. The molecule has 1 aromatic heterocycles. The Morgan fingerprint density at radius 1 is 0.385 bits per heavy atom. The zero-order valence-electron chi connectivity index (χ0n) is 29.1. The van der Waals surface area contributed by atoms with Crippen molar-refractivity contribution in [3.63, 3.8) is 0 Å². The van der Waals surface area contributed by atoms with Crippen LogP contribution < -0.4 is 0 Å². The number of thiophene rings is 1. The molecule has 1 aliphatic carbocycles. The van der Waals surface area contributed by atoms with Crippen LogP contribution in [0.3, 0.4) is 0 Å². The second-order valence-electron chi connectivity index (χ2n) is 14.8. The fourth-order valence-corrected chi connectivity index (χ4v) is 10.5. The lowest BCUT2D eigenvalue weighted by Gasteiger charge is -2.25. The molecule has 0 N–H and O–H groups in total. The lowest BCUT2D eigenvalue weighted by molar-refractivity contribution is 0.662. The van der Waals surface area contributed by atoms with Crippen LogP contribution in [-0.4, -0.2) is 0 Å². The first-order valence-corrected chi connectivity index (χ1v) is 19.0. The third-order valence-electron chi connectivity index (χ3n) is 11.6. The van der Waals surface area contributed by atoms with Crippen LogP contribution >= 0.6 is 11.3 Å². The average Bonchev–Trinajstić information content (AvgIpc) is 3.68. The molecule has 1 heteroatoms. The number of benzene rings is 9. The van der Waals surface area contributed by atoms with Crippen molar-refractivity contribution in [2.75, 3.05) is 0 Å². The van der Waals surface area contributed by atoms with Crippen LogP contribution in [0.15, 0.2) is 170 Å². The number of hydrogen-bond acceptors (Lipinski definition) is 1. The first-order chi connectivity index (χ1) is 25.6. The van der Waals surface area contributed by atoms with Crippen LogP contribution in [-0.2, 0) is 5.41 Å². The maximum absolute atomic E-state index is 2.48. The van der Waals surface area contributed by atoms with Gasteiger partial charge in [-0.3, -0.25) is 0 Å². The van der Waals surface area contributed by atoms with Gasteiger partial charge in [0.05, 0.1) is 0 Å². The topological polar surface area (TPSA) is 0 Å². The zero-order chi connectivity index (χ0) is 34.6. The quantitative estimate of drug-likeness (QED) is 0.163. The van der Waals surface area contributed by atoms with E-state index >= 15 is 0 Å². The van der Waals surface area contributed by atoms with Crippen molar-refractivity contribution in [3.8, 4) is 44.5 Å². The highest BCUT2D eigenvalue weighted by Gasteiger charge is 2.39. The van der Waals surface area contributed by atoms with E-state index in [1.807, 2.05) is 11.3 Å². The lowest BCUT2D eigenvalue weighted by atomic mass is 9.78. The first kappa shape index (κ1) is 29.7. The van der Waals surface area contributed by atoms with Crippen LogP contribution in [0.5, 0.6) is 0 Å². The van der Waals surface area contributed by atoms with Crippen molar-refractivity contribution >= 4 is 63.8 Å². The second-order valence-corrected chi connectivity index (χ2v) is 15.9. The highest BCUT2D eigenvalue weighted by Crippen LogP contribution is 2.57. The van der Waals surface area contributed by atoms with Crippen molar-refractivity contribution in [1.82, 2.24) is 0 Å². The molecule has 9 aromatic carbocycles. The fourth-order valence-electron chi connectivity index (χ4n) is 9.33. The summed E-state index contributed by atoms with van der Waals surface area (Å²) in [5.41, 5.74) is 13.2. The van der Waals surface area contributed by atoms with E-state index in [4.69, 9.17) is 0 Å². The Bertz CT molecular complexity index is 3030. The van der Waals surface area contributed by atoms with E-state index in [2.05, 4.69) is 184 Å². The summed E-state index contributed by atoms with van der Waals surface area (Å²) in [6, 6.07) is 63.4. The van der Waals surface area contributed by atoms with Crippen molar-refractivity contribution in [1.29, 1.82) is 0 Å². The molecule has 0 amide bonds. The summed E-state index contributed by atoms with van der Waals surface area (Å²) in [6.07, 6.45) is 0. The zero-order valence-corrected chi connectivity index (χ0v) is 29.9. The van der Waals surface area contributed by atoms with Crippen molar-refractivity contribution in [2.24, 2.45) is 0 Å². The van der Waals surface area contributed by atoms with Gasteiger partial charge in [0.1, 0.15) is 0 Å². The summed E-state index contributed by atoms with van der Waals surface area (Å²) >= 11 is 1.91. The molecule has 0 aliphatic heterocycles. The van der Waals surface area contributed by atoms with Gasteiger partial charge >= 0.3 is 0 Å². The fraction of sp³-hybridized carbons (Fsp3) is 0.0588. The van der Waals surface area contributed by atoms with Gasteiger partial charge in [0.15, 0.2) is 0 Å². The maximum Gasteiger partial charge on any atom is 0.0368 e. The van der Waals surface area contributed by atoms with E-state index in [0.29, 0.717) is 0 Å². The van der Waals surface area contributed by atoms with Gasteiger partial charge in [-0.25, -0.2) is 0 Å². The Hall–Kier alpha value is -6.02. The van der Waals surface area contributed by atoms with Crippen molar-refractivity contribution in [2.45, 2.75) is 19.3 Å². The van der Waals surface area contributed by atoms with Crippen LogP contribution in [0, 0.1) is 0 Å². The Balaban J connectivity index is 1.13. The number of rotatable bonds is 3. The largest absolute Gasteiger partial charge is 0.135 e. The highest BCUT2D eigenvalue weighted by atomic mass is 32.1. The number of hydrogen-bond donors (Lipinski definition) is 0. The van der Waals surface area contributed by atoms with Gasteiger partial charge < -0.3 is 0 Å². The van der Waals surface area contributed by atoms with Gasteiger partial charge in [0.2, 0.25) is 0 Å². The number of fused-ring (bicyclic) bond motifs is 10. The highest BCUT2D eigenvalue weighted by molar-refractivity contribution is 7.26. The average molecular weight is 679 g/mol. The van der Waals surface area contributed by atoms with Crippen LogP contribution in [0.1, 0.15) is 25.0 Å². The molecule has 1 aliphatic rings. The minimum Gasteiger partial charge on any atom is -0.135 e. The normalized spacial score (nSPS) is 13.3. The second kappa shape index (κ2) is 11.0. The Labute approximate surface area is 307 Å². The summed E-state index contributed by atoms with van der Waals surface area (Å²) in [4.78, 5) is 0. The van der Waals surface area contributed by atoms with Crippen LogP contribution in [0.25, 0.3) is 97.0 Å². The molecule has 244 valence electrons. The molecule has 0 nitrogen and oxygen atoms in total. The van der Waals surface area contributed by atoms with Crippen LogP contribution in [0.2, 0.25) is 0 Å². The molecule has 0 saturated heterocycles. The van der Waals surface area contributed by atoms with E-state index in [-0.39, 0.29) is 5.41 Å². The molecule has 52 heavy (non-hydrogen) atoms. The van der Waals surface area contributed by atoms with Gasteiger partial charge in [-0.1, -0.05) is 166 Å². The van der Waals surface area contributed by atoms with Gasteiger partial charge in [-0.15, -0.1) is 11.3 Å². The predicted molar refractivity (Wildman–Crippen MR) is 226 cm³/mol. The molecule has 1 heterocycles. The Kier molecular flexibility index (Phi) is 6.27. The minimum absolute atomic E-state index is 0.123. The minimum atomic E-state index is -0.123. The molecule has 0 bridgehead atoms. The van der Waals surface area contributed by atoms with E-state index in [9.17, 15) is 0 Å². The first-order valence-electron chi connectivity index (χ1n) is 18.2. The van der Waals surface area contributed by atoms with E-state index in [1.54, 1.807) is 0 Å². The van der Waals surface area contributed by atoms with Crippen molar-refractivity contribution < 1.29 is 0 Å². The summed E-state index contributed by atoms with van der Waals surface area (Å²) in [5.74, 6) is 0. The predicted octanol–water partition coefficient (Wildman–Crippen LogP) is 14.8. The molecule has 0 atom stereocenters. The smallest absolute Gasteiger partial charge is 0.0368 e. The summed E-state index contributed by atoms with van der Waals surface area (Å²) in [5, 5.41) is 10.4. The van der Waals surface area contributed by atoms with E-state index < -0.39 is 0 Å². The SMILES string of the molecule is CC1(C)c2ccccc2-c2c1c(-c1ccc(-c3c4ccccc4c(-c4ccc5ccccc5c4)c4ccccc34)cc1)cc1sc3ccccc3c21. The molecule has 0 unspecified atom stereocenters. The van der Waals surface area contributed by atoms with Gasteiger partial charge in [-0.2, -0.15) is 0 Å². The van der Waals surface area contributed by atoms with Gasteiger partial charge in [0.25, 0.3) is 0 Å². The van der Waals surface area contributed by atoms with Crippen molar-refractivity contribution in [3.05, 3.63) is 181 Å². The molecular weight excluding hydrogens is 645 g/mol. The molecule has 10 aromatic rings. The third-order valence-corrected chi connectivity index (χ3v) is 12.7. The van der Waals surface area contributed by atoms with E-state index in [1.165, 1.54) is 108 Å². The Morgan fingerprint density at radius 2 is 0.923 bits per heavy atom. The van der Waals surface area contributed by atoms with Gasteiger partial charge in [0, 0.05) is 25.6 Å². The maximum atomic E-state index is 2.48. The summed E-state index contributed by atoms with van der Waals surface area (Å²) < 4.78 is 2.70. The molecular formula is C51H34S. The molecule has 0 radical (unpaired) electrons. The summed E-state index contributed by atoms with van der Waals surface area (Å²) in [6.45, 7) is 4.82. The van der Waals surface area contributed by atoms with Crippen LogP contribution in [0.4, 0.5) is 0 Å². The molecule has 0 fully saturated rings.